The fourth-order valence-electron chi connectivity index (χ4n) is 9.28. The van der Waals surface area contributed by atoms with Crippen molar-refractivity contribution in [2.24, 2.45) is 52.3 Å². The van der Waals surface area contributed by atoms with E-state index < -0.39 is 0 Å². The molecule has 176 valence electrons. The van der Waals surface area contributed by atoms with Gasteiger partial charge in [-0.2, -0.15) is 0 Å². The second-order valence-electron chi connectivity index (χ2n) is 12.9. The van der Waals surface area contributed by atoms with Crippen molar-refractivity contribution in [3.05, 3.63) is 23.3 Å². The number of hydrogen-bond donors (Lipinski definition) is 1. The zero-order valence-electron chi connectivity index (χ0n) is 21.6. The van der Waals surface area contributed by atoms with Gasteiger partial charge in [-0.15, -0.1) is 0 Å². The lowest BCUT2D eigenvalue weighted by Crippen LogP contribution is -2.52. The molecule has 0 saturated heterocycles. The monoisotopic (exact) mass is 426 g/mol. The Morgan fingerprint density at radius 2 is 1.74 bits per heavy atom. The van der Waals surface area contributed by atoms with Crippen molar-refractivity contribution >= 4 is 0 Å². The molecule has 0 aliphatic heterocycles. The second kappa shape index (κ2) is 8.66. The minimum atomic E-state index is -0.0773. The smallest absolute Gasteiger partial charge is 0.0568 e. The maximum atomic E-state index is 10.5. The van der Waals surface area contributed by atoms with Crippen molar-refractivity contribution < 1.29 is 5.11 Å². The summed E-state index contributed by atoms with van der Waals surface area (Å²) in [5.74, 6) is 5.16. The first kappa shape index (κ1) is 23.6. The van der Waals surface area contributed by atoms with Crippen LogP contribution in [-0.4, -0.2) is 11.2 Å². The Bertz CT molecular complexity index is 716. The third-order valence-corrected chi connectivity index (χ3v) is 11.3. The second-order valence-corrected chi connectivity index (χ2v) is 12.9. The summed E-state index contributed by atoms with van der Waals surface area (Å²) >= 11 is 0. The van der Waals surface area contributed by atoms with E-state index in [-0.39, 0.29) is 6.10 Å². The lowest BCUT2D eigenvalue weighted by molar-refractivity contribution is -0.0773. The van der Waals surface area contributed by atoms with Crippen molar-refractivity contribution in [3.63, 3.8) is 0 Å². The molecule has 4 rings (SSSR count). The molecule has 31 heavy (non-hydrogen) atoms. The van der Waals surface area contributed by atoms with Crippen LogP contribution in [0, 0.1) is 52.3 Å². The molecule has 9 unspecified atom stereocenters. The van der Waals surface area contributed by atoms with Gasteiger partial charge in [0.15, 0.2) is 0 Å². The molecule has 0 bridgehead atoms. The van der Waals surface area contributed by atoms with E-state index in [2.05, 4.69) is 60.6 Å². The summed E-state index contributed by atoms with van der Waals surface area (Å²) in [4.78, 5) is 0. The minimum Gasteiger partial charge on any atom is -0.393 e. The highest BCUT2D eigenvalue weighted by Crippen LogP contribution is 2.67. The molecule has 3 fully saturated rings. The Kier molecular flexibility index (Phi) is 6.59. The first-order valence-electron chi connectivity index (χ1n) is 13.7. The van der Waals surface area contributed by atoms with Crippen LogP contribution < -0.4 is 0 Å². The van der Waals surface area contributed by atoms with Crippen molar-refractivity contribution in [1.82, 2.24) is 0 Å². The average molecular weight is 427 g/mol. The predicted molar refractivity (Wildman–Crippen MR) is 133 cm³/mol. The molecule has 1 nitrogen and oxygen atoms in total. The van der Waals surface area contributed by atoms with Crippen LogP contribution in [0.2, 0.25) is 0 Å². The lowest BCUT2D eigenvalue weighted by atomic mass is 9.46. The van der Waals surface area contributed by atoms with E-state index in [0.717, 1.165) is 30.1 Å². The Morgan fingerprint density at radius 3 is 2.42 bits per heavy atom. The maximum absolute atomic E-state index is 10.5. The summed E-state index contributed by atoms with van der Waals surface area (Å²) in [6, 6.07) is 0. The largest absolute Gasteiger partial charge is 0.393 e. The number of fused-ring (bicyclic) bond motifs is 5. The van der Waals surface area contributed by atoms with Gasteiger partial charge in [-0.3, -0.25) is 0 Å². The van der Waals surface area contributed by atoms with Crippen LogP contribution in [0.3, 0.4) is 0 Å². The third-order valence-electron chi connectivity index (χ3n) is 11.3. The van der Waals surface area contributed by atoms with Gasteiger partial charge >= 0.3 is 0 Å². The first-order chi connectivity index (χ1) is 14.6. The summed E-state index contributed by atoms with van der Waals surface area (Å²) < 4.78 is 0. The molecule has 4 aliphatic rings. The highest BCUT2D eigenvalue weighted by Gasteiger charge is 2.59. The fourth-order valence-corrected chi connectivity index (χ4v) is 9.28. The topological polar surface area (TPSA) is 20.2 Å². The van der Waals surface area contributed by atoms with Gasteiger partial charge in [-0.25, -0.2) is 0 Å². The van der Waals surface area contributed by atoms with Crippen LogP contribution in [0.4, 0.5) is 0 Å². The molecule has 0 aromatic heterocycles. The first-order valence-corrected chi connectivity index (χ1v) is 13.7. The fraction of sp³-hybridized carbons (Fsp3) is 0.867. The molecule has 1 heteroatoms. The molecule has 0 amide bonds. The highest BCUT2D eigenvalue weighted by molar-refractivity contribution is 5.28. The van der Waals surface area contributed by atoms with E-state index in [9.17, 15) is 5.11 Å². The van der Waals surface area contributed by atoms with Crippen molar-refractivity contribution in [2.45, 2.75) is 112 Å². The molecule has 0 radical (unpaired) electrons. The van der Waals surface area contributed by atoms with Gasteiger partial charge < -0.3 is 5.11 Å². The van der Waals surface area contributed by atoms with Crippen LogP contribution in [0.1, 0.15) is 106 Å². The van der Waals surface area contributed by atoms with Gasteiger partial charge in [0, 0.05) is 0 Å². The van der Waals surface area contributed by atoms with E-state index in [1.807, 2.05) is 5.57 Å². The molecule has 0 aromatic carbocycles. The Hall–Kier alpha value is -0.560. The zero-order chi connectivity index (χ0) is 22.6. The molecule has 1 N–H and O–H groups in total. The molecule has 0 spiro atoms. The Labute approximate surface area is 193 Å². The van der Waals surface area contributed by atoms with Gasteiger partial charge in [0.05, 0.1) is 6.10 Å². The average Bonchev–Trinajstić information content (AvgIpc) is 3.08. The van der Waals surface area contributed by atoms with Gasteiger partial charge in [0.25, 0.3) is 0 Å². The van der Waals surface area contributed by atoms with Crippen molar-refractivity contribution in [1.29, 1.82) is 0 Å². The number of rotatable bonds is 5. The number of allylic oxidation sites excluding steroid dienone is 4. The molecule has 4 aliphatic carbocycles. The molecule has 3 saturated carbocycles. The van der Waals surface area contributed by atoms with Crippen LogP contribution >= 0.6 is 0 Å². The van der Waals surface area contributed by atoms with Crippen molar-refractivity contribution in [3.8, 4) is 0 Å². The van der Waals surface area contributed by atoms with Gasteiger partial charge in [0.2, 0.25) is 0 Å². The quantitative estimate of drug-likeness (QED) is 0.439. The van der Waals surface area contributed by atoms with Crippen LogP contribution in [0.15, 0.2) is 23.3 Å². The normalized spacial score (nSPS) is 46.2. The Morgan fingerprint density at radius 1 is 1.06 bits per heavy atom. The minimum absolute atomic E-state index is 0.0773. The third kappa shape index (κ3) is 3.79. The van der Waals surface area contributed by atoms with Crippen LogP contribution in [0.25, 0.3) is 0 Å². The summed E-state index contributed by atoms with van der Waals surface area (Å²) in [7, 11) is 0. The molecule has 9 atom stereocenters. The van der Waals surface area contributed by atoms with Gasteiger partial charge in [-0.1, -0.05) is 64.8 Å². The van der Waals surface area contributed by atoms with E-state index >= 15 is 0 Å². The van der Waals surface area contributed by atoms with E-state index in [1.54, 1.807) is 5.57 Å². The number of aliphatic hydroxyl groups is 1. The van der Waals surface area contributed by atoms with E-state index in [4.69, 9.17) is 0 Å². The summed E-state index contributed by atoms with van der Waals surface area (Å²) in [5.41, 5.74) is 4.45. The summed E-state index contributed by atoms with van der Waals surface area (Å²) in [6.45, 7) is 17.1. The molecule has 0 aromatic rings. The lowest BCUT2D eigenvalue weighted by Gasteiger charge is -2.59. The number of hydrogen-bond acceptors (Lipinski definition) is 1. The Balaban J connectivity index is 1.51. The summed E-state index contributed by atoms with van der Waals surface area (Å²) in [6.07, 6.45) is 16.8. The van der Waals surface area contributed by atoms with E-state index in [0.29, 0.717) is 28.6 Å². The zero-order valence-corrected chi connectivity index (χ0v) is 21.6. The van der Waals surface area contributed by atoms with E-state index in [1.165, 1.54) is 51.4 Å². The van der Waals surface area contributed by atoms with Crippen LogP contribution in [0.5, 0.6) is 0 Å². The van der Waals surface area contributed by atoms with Gasteiger partial charge in [0.1, 0.15) is 0 Å². The highest BCUT2D eigenvalue weighted by atomic mass is 16.3. The van der Waals surface area contributed by atoms with Crippen molar-refractivity contribution in [2.75, 3.05) is 0 Å². The predicted octanol–water partition coefficient (Wildman–Crippen LogP) is 8.19. The standard InChI is InChI=1S/C30H50O/c1-8-22(19(2)3)10-9-20(4)24-13-14-26-23-11-12-25-21(5)28(31)16-18-30(25,7)27(23)15-17-29(24,26)6/h8,11,19-21,24-28,31H,9-10,12-18H2,1-7H3/b22-8+. The number of aliphatic hydroxyl groups excluding tert-OH is 1. The van der Waals surface area contributed by atoms with Crippen LogP contribution in [-0.2, 0) is 0 Å². The SMILES string of the molecule is C/C=C(\CCC(C)C1CCC2C3=CCC4C(C)C(O)CCC4(C)C3CCC21C)C(C)C. The molecular formula is C30H50O. The molecule has 0 heterocycles. The molecular weight excluding hydrogens is 376 g/mol. The summed E-state index contributed by atoms with van der Waals surface area (Å²) in [5, 5.41) is 10.5. The van der Waals surface area contributed by atoms with Gasteiger partial charge in [-0.05, 0) is 117 Å². The maximum Gasteiger partial charge on any atom is 0.0568 e.